The fourth-order valence-corrected chi connectivity index (χ4v) is 2.35. The van der Waals surface area contributed by atoms with Gasteiger partial charge in [0, 0.05) is 33.3 Å². The molecular weight excluding hydrogens is 262 g/mol. The molecule has 0 spiro atoms. The highest BCUT2D eigenvalue weighted by Crippen LogP contribution is 2.23. The second-order valence-corrected chi connectivity index (χ2v) is 5.38. The first-order valence-electron chi connectivity index (χ1n) is 7.59. The Balaban J connectivity index is 2.77. The maximum Gasteiger partial charge on any atom is 0.101 e. The van der Waals surface area contributed by atoms with Crippen LogP contribution in [0.2, 0.25) is 0 Å². The summed E-state index contributed by atoms with van der Waals surface area (Å²) in [5, 5.41) is 12.7. The number of hydrogen-bond donors (Lipinski definition) is 1. The van der Waals surface area contributed by atoms with Crippen LogP contribution in [0, 0.1) is 11.3 Å². The summed E-state index contributed by atoms with van der Waals surface area (Å²) in [6.07, 6.45) is 2.27. The van der Waals surface area contributed by atoms with Crippen molar-refractivity contribution in [3.8, 4) is 6.07 Å². The first-order valence-corrected chi connectivity index (χ1v) is 7.59. The van der Waals surface area contributed by atoms with Gasteiger partial charge in [-0.3, -0.25) is 0 Å². The van der Waals surface area contributed by atoms with Crippen molar-refractivity contribution in [2.24, 2.45) is 0 Å². The van der Waals surface area contributed by atoms with E-state index in [1.54, 1.807) is 7.11 Å². The Morgan fingerprint density at radius 3 is 2.81 bits per heavy atom. The quantitative estimate of drug-likeness (QED) is 0.710. The lowest BCUT2D eigenvalue weighted by molar-refractivity contribution is 0.199. The van der Waals surface area contributed by atoms with Crippen molar-refractivity contribution in [2.75, 3.05) is 32.2 Å². The molecule has 0 fully saturated rings. The summed E-state index contributed by atoms with van der Waals surface area (Å²) < 4.78 is 5.00. The van der Waals surface area contributed by atoms with Crippen molar-refractivity contribution in [1.82, 2.24) is 5.32 Å². The van der Waals surface area contributed by atoms with E-state index in [0.717, 1.165) is 42.7 Å². The van der Waals surface area contributed by atoms with Gasteiger partial charge in [0.05, 0.1) is 17.9 Å². The maximum absolute atomic E-state index is 9.40. The van der Waals surface area contributed by atoms with Crippen LogP contribution in [0.1, 0.15) is 37.8 Å². The van der Waals surface area contributed by atoms with E-state index in [1.165, 1.54) is 0 Å². The molecule has 1 rings (SSSR count). The minimum atomic E-state index is 0.438. The molecule has 0 aliphatic heterocycles. The molecule has 0 aliphatic rings. The number of ether oxygens (including phenoxy) is 1. The van der Waals surface area contributed by atoms with Crippen molar-refractivity contribution < 1.29 is 4.74 Å². The number of nitriles is 1. The number of nitrogens with zero attached hydrogens (tertiary/aromatic N) is 2. The highest BCUT2D eigenvalue weighted by molar-refractivity contribution is 5.60. The lowest BCUT2D eigenvalue weighted by Crippen LogP contribution is -2.29. The zero-order valence-corrected chi connectivity index (χ0v) is 13.6. The van der Waals surface area contributed by atoms with Gasteiger partial charge in [-0.1, -0.05) is 19.4 Å². The topological polar surface area (TPSA) is 48.3 Å². The first kappa shape index (κ1) is 17.5. The molecule has 0 saturated heterocycles. The average Bonchev–Trinajstić information content (AvgIpc) is 2.51. The number of methoxy groups -OCH3 is 1. The molecule has 116 valence electrons. The van der Waals surface area contributed by atoms with Crippen LogP contribution in [-0.4, -0.2) is 33.4 Å². The normalized spacial score (nSPS) is 12.0. The molecule has 0 bridgehead atoms. The molecule has 4 heteroatoms. The third-order valence-corrected chi connectivity index (χ3v) is 3.74. The van der Waals surface area contributed by atoms with Gasteiger partial charge >= 0.3 is 0 Å². The van der Waals surface area contributed by atoms with Crippen LogP contribution in [0.4, 0.5) is 5.69 Å². The van der Waals surface area contributed by atoms with Gasteiger partial charge in [0.15, 0.2) is 0 Å². The van der Waals surface area contributed by atoms with Crippen molar-refractivity contribution in [2.45, 2.75) is 39.3 Å². The molecule has 1 atom stereocenters. The number of hydrogen-bond acceptors (Lipinski definition) is 4. The summed E-state index contributed by atoms with van der Waals surface area (Å²) >= 11 is 0. The van der Waals surface area contributed by atoms with Gasteiger partial charge in [0.1, 0.15) is 6.07 Å². The molecular formula is C17H27N3O. The average molecular weight is 289 g/mol. The minimum Gasteiger partial charge on any atom is -0.383 e. The smallest absolute Gasteiger partial charge is 0.101 e. The highest BCUT2D eigenvalue weighted by Gasteiger charge is 2.13. The van der Waals surface area contributed by atoms with Crippen molar-refractivity contribution in [3.63, 3.8) is 0 Å². The molecule has 0 amide bonds. The van der Waals surface area contributed by atoms with E-state index in [1.807, 2.05) is 6.07 Å². The first-order chi connectivity index (χ1) is 10.1. The van der Waals surface area contributed by atoms with Gasteiger partial charge in [-0.15, -0.1) is 0 Å². The van der Waals surface area contributed by atoms with Gasteiger partial charge in [0.2, 0.25) is 0 Å². The number of anilines is 1. The van der Waals surface area contributed by atoms with Crippen LogP contribution >= 0.6 is 0 Å². The summed E-state index contributed by atoms with van der Waals surface area (Å²) in [4.78, 5) is 2.20. The molecule has 1 aromatic rings. The van der Waals surface area contributed by atoms with Crippen LogP contribution in [-0.2, 0) is 11.3 Å². The van der Waals surface area contributed by atoms with E-state index in [2.05, 4.69) is 49.3 Å². The molecule has 0 heterocycles. The van der Waals surface area contributed by atoms with E-state index in [0.29, 0.717) is 12.6 Å². The van der Waals surface area contributed by atoms with Gasteiger partial charge in [-0.25, -0.2) is 0 Å². The Hall–Kier alpha value is -1.57. The summed E-state index contributed by atoms with van der Waals surface area (Å²) in [5.74, 6) is 0. The Morgan fingerprint density at radius 1 is 1.43 bits per heavy atom. The molecule has 1 N–H and O–H groups in total. The van der Waals surface area contributed by atoms with Gasteiger partial charge in [0.25, 0.3) is 0 Å². The highest BCUT2D eigenvalue weighted by atomic mass is 16.5. The second kappa shape index (κ2) is 9.38. The van der Waals surface area contributed by atoms with Crippen LogP contribution < -0.4 is 10.2 Å². The van der Waals surface area contributed by atoms with E-state index >= 15 is 0 Å². The van der Waals surface area contributed by atoms with E-state index in [4.69, 9.17) is 4.74 Å². The predicted octanol–water partition coefficient (Wildman–Crippen LogP) is 2.92. The van der Waals surface area contributed by atoms with Gasteiger partial charge in [-0.2, -0.15) is 5.26 Å². The fraction of sp³-hybridized carbons (Fsp3) is 0.588. The van der Waals surface area contributed by atoms with E-state index in [9.17, 15) is 5.26 Å². The van der Waals surface area contributed by atoms with Gasteiger partial charge < -0.3 is 15.0 Å². The molecule has 1 aromatic carbocycles. The Kier molecular flexibility index (Phi) is 7.81. The molecule has 0 saturated carbocycles. The van der Waals surface area contributed by atoms with Crippen LogP contribution in [0.5, 0.6) is 0 Å². The Morgan fingerprint density at radius 2 is 2.19 bits per heavy atom. The number of nitrogens with one attached hydrogen (secondary N) is 1. The predicted molar refractivity (Wildman–Crippen MR) is 87.5 cm³/mol. The summed E-state index contributed by atoms with van der Waals surface area (Å²) in [7, 11) is 3.75. The third kappa shape index (κ3) is 5.37. The van der Waals surface area contributed by atoms with Gasteiger partial charge in [-0.05, 0) is 31.0 Å². The lowest BCUT2D eigenvalue weighted by atomic mass is 10.1. The lowest BCUT2D eigenvalue weighted by Gasteiger charge is -2.28. The zero-order valence-electron chi connectivity index (χ0n) is 13.6. The summed E-state index contributed by atoms with van der Waals surface area (Å²) in [6, 6.07) is 8.88. The maximum atomic E-state index is 9.40. The Bertz CT molecular complexity index is 468. The monoisotopic (exact) mass is 289 g/mol. The Labute approximate surface area is 128 Å². The van der Waals surface area contributed by atoms with Crippen LogP contribution in [0.25, 0.3) is 0 Å². The summed E-state index contributed by atoms with van der Waals surface area (Å²) in [6.45, 7) is 6.65. The minimum absolute atomic E-state index is 0.438. The van der Waals surface area contributed by atoms with Crippen LogP contribution in [0.3, 0.4) is 0 Å². The third-order valence-electron chi connectivity index (χ3n) is 3.74. The van der Waals surface area contributed by atoms with E-state index < -0.39 is 0 Å². The standard InChI is InChI=1S/C17H27N3O/c1-5-6-14(2)20(3)17-8-7-15(11-16(17)12-18)13-19-9-10-21-4/h7-8,11,14,19H,5-6,9-10,13H2,1-4H3. The second-order valence-electron chi connectivity index (χ2n) is 5.38. The molecule has 4 nitrogen and oxygen atoms in total. The molecule has 0 aromatic heterocycles. The van der Waals surface area contributed by atoms with E-state index in [-0.39, 0.29) is 0 Å². The molecule has 21 heavy (non-hydrogen) atoms. The SMILES string of the molecule is CCCC(C)N(C)c1ccc(CNCCOC)cc1C#N. The molecule has 0 aliphatic carbocycles. The molecule has 0 radical (unpaired) electrons. The number of rotatable bonds is 9. The fourth-order valence-electron chi connectivity index (χ4n) is 2.35. The summed E-state index contributed by atoms with van der Waals surface area (Å²) in [5.41, 5.74) is 2.88. The van der Waals surface area contributed by atoms with Crippen molar-refractivity contribution in [1.29, 1.82) is 5.26 Å². The number of benzene rings is 1. The van der Waals surface area contributed by atoms with Crippen molar-refractivity contribution in [3.05, 3.63) is 29.3 Å². The van der Waals surface area contributed by atoms with Crippen molar-refractivity contribution >= 4 is 5.69 Å². The largest absolute Gasteiger partial charge is 0.383 e. The van der Waals surface area contributed by atoms with Crippen LogP contribution in [0.15, 0.2) is 18.2 Å². The zero-order chi connectivity index (χ0) is 15.7. The molecule has 1 unspecified atom stereocenters.